The van der Waals surface area contributed by atoms with Crippen LogP contribution in [-0.4, -0.2) is 22.9 Å². The van der Waals surface area contributed by atoms with Gasteiger partial charge in [0.2, 0.25) is 5.97 Å². The van der Waals surface area contributed by atoms with Crippen LogP contribution in [-0.2, 0) is 9.59 Å². The monoisotopic (exact) mass is 157 g/mol. The lowest BCUT2D eigenvalue weighted by molar-refractivity contribution is -0.138. The van der Waals surface area contributed by atoms with Crippen molar-refractivity contribution in [2.75, 3.05) is 0 Å². The van der Waals surface area contributed by atoms with Crippen molar-refractivity contribution in [3.63, 3.8) is 0 Å². The van der Waals surface area contributed by atoms with Crippen LogP contribution in [0.2, 0.25) is 0 Å². The van der Waals surface area contributed by atoms with Gasteiger partial charge in [0.15, 0.2) is 0 Å². The highest BCUT2D eigenvalue weighted by molar-refractivity contribution is 6.08. The molecule has 1 unspecified atom stereocenters. The van der Waals surface area contributed by atoms with Gasteiger partial charge >= 0.3 is 5.97 Å². The Morgan fingerprint density at radius 3 is 2.82 bits per heavy atom. The number of hydrogen-bond donors (Lipinski definition) is 1. The maximum atomic E-state index is 12.4. The number of halogens is 1. The summed E-state index contributed by atoms with van der Waals surface area (Å²) in [6.07, 6.45) is 1.90. The van der Waals surface area contributed by atoms with Gasteiger partial charge in [-0.3, -0.25) is 9.59 Å². The van der Waals surface area contributed by atoms with Gasteiger partial charge in [-0.25, -0.2) is 0 Å². The number of carbonyl (C=O) groups is 2. The van der Waals surface area contributed by atoms with E-state index in [1.807, 2.05) is 0 Å². The van der Waals surface area contributed by atoms with E-state index in [9.17, 15) is 14.0 Å². The van der Waals surface area contributed by atoms with E-state index in [2.05, 4.69) is 4.99 Å². The smallest absolute Gasteiger partial charge is 0.319 e. The summed E-state index contributed by atoms with van der Waals surface area (Å²) >= 11 is 0. The first kappa shape index (κ1) is 7.59. The van der Waals surface area contributed by atoms with E-state index in [0.717, 1.165) is 12.2 Å². The molecular weight excluding hydrogens is 153 g/mol. The molecular formula is C6H4FNO3. The van der Waals surface area contributed by atoms with Crippen LogP contribution in [0.1, 0.15) is 0 Å². The molecule has 1 N–H and O–H groups in total. The molecule has 11 heavy (non-hydrogen) atoms. The third-order valence-corrected chi connectivity index (χ3v) is 1.17. The van der Waals surface area contributed by atoms with Crippen LogP contribution in [0.15, 0.2) is 17.1 Å². The predicted molar refractivity (Wildman–Crippen MR) is 33.8 cm³/mol. The van der Waals surface area contributed by atoms with Gasteiger partial charge in [0, 0.05) is 6.08 Å². The highest BCUT2D eigenvalue weighted by atomic mass is 19.1. The van der Waals surface area contributed by atoms with Crippen molar-refractivity contribution in [2.24, 2.45) is 10.9 Å². The summed E-state index contributed by atoms with van der Waals surface area (Å²) in [5.74, 6) is -4.67. The van der Waals surface area contributed by atoms with Gasteiger partial charge < -0.3 is 5.11 Å². The molecule has 1 amide bonds. The van der Waals surface area contributed by atoms with E-state index < -0.39 is 23.8 Å². The summed E-state index contributed by atoms with van der Waals surface area (Å²) in [5, 5.41) is 8.31. The quantitative estimate of drug-likeness (QED) is 0.589. The lowest BCUT2D eigenvalue weighted by Crippen LogP contribution is -2.22. The van der Waals surface area contributed by atoms with Crippen LogP contribution in [0, 0.1) is 5.92 Å². The summed E-state index contributed by atoms with van der Waals surface area (Å²) in [7, 11) is 0. The molecule has 0 radical (unpaired) electrons. The zero-order valence-corrected chi connectivity index (χ0v) is 5.32. The molecule has 0 spiro atoms. The number of rotatable bonds is 1. The fourth-order valence-corrected chi connectivity index (χ4v) is 0.654. The average Bonchev–Trinajstić information content (AvgIpc) is 1.85. The van der Waals surface area contributed by atoms with Gasteiger partial charge in [0.1, 0.15) is 5.92 Å². The fraction of sp³-hybridized carbons (Fsp3) is 0.167. The van der Waals surface area contributed by atoms with E-state index in [0.29, 0.717) is 0 Å². The normalized spacial score (nSPS) is 23.2. The second kappa shape index (κ2) is 2.61. The molecule has 0 saturated carbocycles. The Balaban J connectivity index is 2.88. The minimum atomic E-state index is -1.40. The standard InChI is InChI=1S/C6H4FNO3/c7-5-3(6(10)11)1-2-4(9)8-5/h1-3H,(H,10,11). The van der Waals surface area contributed by atoms with E-state index in [4.69, 9.17) is 5.11 Å². The zero-order valence-electron chi connectivity index (χ0n) is 5.32. The summed E-state index contributed by atoms with van der Waals surface area (Å²) in [5.41, 5.74) is 0. The molecule has 1 heterocycles. The highest BCUT2D eigenvalue weighted by Gasteiger charge is 2.24. The summed E-state index contributed by atoms with van der Waals surface area (Å²) < 4.78 is 12.4. The van der Waals surface area contributed by atoms with Crippen LogP contribution in [0.25, 0.3) is 0 Å². The molecule has 4 nitrogen and oxygen atoms in total. The Morgan fingerprint density at radius 2 is 2.36 bits per heavy atom. The number of carboxylic acid groups (broad SMARTS) is 1. The third-order valence-electron chi connectivity index (χ3n) is 1.17. The Hall–Kier alpha value is -1.52. The number of hydrogen-bond acceptors (Lipinski definition) is 2. The van der Waals surface area contributed by atoms with Crippen molar-refractivity contribution in [1.82, 2.24) is 0 Å². The zero-order chi connectivity index (χ0) is 8.43. The van der Waals surface area contributed by atoms with Crippen molar-refractivity contribution in [3.8, 4) is 0 Å². The Bertz CT molecular complexity index is 269. The topological polar surface area (TPSA) is 66.7 Å². The van der Waals surface area contributed by atoms with E-state index in [-0.39, 0.29) is 0 Å². The second-order valence-corrected chi connectivity index (χ2v) is 1.95. The number of carbonyl (C=O) groups excluding carboxylic acids is 1. The Morgan fingerprint density at radius 1 is 1.73 bits per heavy atom. The lowest BCUT2D eigenvalue weighted by atomic mass is 10.1. The van der Waals surface area contributed by atoms with Gasteiger partial charge in [-0.2, -0.15) is 9.38 Å². The molecule has 1 rings (SSSR count). The molecule has 1 atom stereocenters. The molecule has 0 bridgehead atoms. The first-order valence-corrected chi connectivity index (χ1v) is 2.80. The first-order valence-electron chi connectivity index (χ1n) is 2.80. The van der Waals surface area contributed by atoms with Crippen molar-refractivity contribution >= 4 is 17.8 Å². The van der Waals surface area contributed by atoms with E-state index in [1.54, 1.807) is 0 Å². The molecule has 0 aliphatic carbocycles. The van der Waals surface area contributed by atoms with Crippen molar-refractivity contribution in [1.29, 1.82) is 0 Å². The van der Waals surface area contributed by atoms with Crippen LogP contribution in [0.4, 0.5) is 4.39 Å². The van der Waals surface area contributed by atoms with Crippen LogP contribution in [0.5, 0.6) is 0 Å². The largest absolute Gasteiger partial charge is 0.480 e. The van der Waals surface area contributed by atoms with Crippen molar-refractivity contribution in [2.45, 2.75) is 0 Å². The average molecular weight is 157 g/mol. The molecule has 0 aromatic carbocycles. The van der Waals surface area contributed by atoms with E-state index in [1.165, 1.54) is 0 Å². The van der Waals surface area contributed by atoms with Gasteiger partial charge in [-0.1, -0.05) is 6.08 Å². The molecule has 0 aromatic heterocycles. The first-order chi connectivity index (χ1) is 5.11. The number of nitrogens with zero attached hydrogens (tertiary/aromatic N) is 1. The Labute approximate surface area is 61.0 Å². The lowest BCUT2D eigenvalue weighted by Gasteiger charge is -2.05. The van der Waals surface area contributed by atoms with Crippen molar-refractivity contribution in [3.05, 3.63) is 12.2 Å². The molecule has 0 aromatic rings. The molecule has 0 fully saturated rings. The number of carboxylic acids is 1. The molecule has 0 saturated heterocycles. The second-order valence-electron chi connectivity index (χ2n) is 1.95. The summed E-state index contributed by atoms with van der Waals surface area (Å²) in [4.78, 5) is 23.4. The summed E-state index contributed by atoms with van der Waals surface area (Å²) in [6, 6.07) is 0. The Kier molecular flexibility index (Phi) is 1.80. The van der Waals surface area contributed by atoms with Gasteiger partial charge in [0.05, 0.1) is 0 Å². The number of amides is 1. The molecule has 5 heteroatoms. The summed E-state index contributed by atoms with van der Waals surface area (Å²) in [6.45, 7) is 0. The SMILES string of the molecule is O=C1C=CC(C(=O)O)C(F)=N1. The predicted octanol–water partition coefficient (Wildman–Crippen LogP) is 0.152. The molecule has 1 aliphatic rings. The fourth-order valence-electron chi connectivity index (χ4n) is 0.654. The van der Waals surface area contributed by atoms with Gasteiger partial charge in [-0.05, 0) is 0 Å². The minimum absolute atomic E-state index is 0.764. The van der Waals surface area contributed by atoms with Crippen LogP contribution in [0.3, 0.4) is 0 Å². The van der Waals surface area contributed by atoms with Crippen molar-refractivity contribution < 1.29 is 19.1 Å². The molecule has 1 aliphatic heterocycles. The molecule has 58 valence electrons. The number of dihydropyridines is 1. The maximum Gasteiger partial charge on any atom is 0.319 e. The van der Waals surface area contributed by atoms with Crippen LogP contribution < -0.4 is 0 Å². The minimum Gasteiger partial charge on any atom is -0.480 e. The maximum absolute atomic E-state index is 12.4. The number of aliphatic imine (C=N–C) groups is 1. The number of aliphatic carboxylic acids is 1. The van der Waals surface area contributed by atoms with Gasteiger partial charge in [0.25, 0.3) is 5.91 Å². The van der Waals surface area contributed by atoms with Crippen LogP contribution >= 0.6 is 0 Å². The highest BCUT2D eigenvalue weighted by Crippen LogP contribution is 2.09. The van der Waals surface area contributed by atoms with Gasteiger partial charge in [-0.15, -0.1) is 0 Å². The van der Waals surface area contributed by atoms with E-state index >= 15 is 0 Å². The third kappa shape index (κ3) is 1.49.